The van der Waals surface area contributed by atoms with Gasteiger partial charge in [-0.3, -0.25) is 0 Å². The van der Waals surface area contributed by atoms with Gasteiger partial charge in [-0.15, -0.1) is 0 Å². The average Bonchev–Trinajstić information content (AvgIpc) is 2.46. The molecule has 0 aliphatic heterocycles. The second-order valence-corrected chi connectivity index (χ2v) is 4.70. The molecule has 2 N–H and O–H groups in total. The summed E-state index contributed by atoms with van der Waals surface area (Å²) in [6.45, 7) is 0. The molecule has 0 aliphatic carbocycles. The van der Waals surface area contributed by atoms with Crippen LogP contribution in [0.4, 0.5) is 10.1 Å². The minimum absolute atomic E-state index is 0.108. The molecule has 1 atom stereocenters. The van der Waals surface area contributed by atoms with E-state index in [1.807, 2.05) is 0 Å². The summed E-state index contributed by atoms with van der Waals surface area (Å²) < 4.78 is 18.6. The summed E-state index contributed by atoms with van der Waals surface area (Å²) in [5, 5.41) is 12.3. The van der Waals surface area contributed by atoms with Crippen molar-refractivity contribution in [1.82, 2.24) is 0 Å². The van der Waals surface area contributed by atoms with E-state index in [0.717, 1.165) is 0 Å². The summed E-state index contributed by atoms with van der Waals surface area (Å²) in [6, 6.07) is 9.36. The largest absolute Gasteiger partial charge is 0.495 e. The first-order chi connectivity index (χ1) is 10.0. The number of carboxylic acids is 1. The molecule has 1 unspecified atom stereocenters. The Kier molecular flexibility index (Phi) is 4.65. The van der Waals surface area contributed by atoms with E-state index in [-0.39, 0.29) is 10.7 Å². The Morgan fingerprint density at radius 3 is 2.62 bits per heavy atom. The maximum absolute atomic E-state index is 13.6. The van der Waals surface area contributed by atoms with Crippen molar-refractivity contribution >= 4 is 23.3 Å². The fraction of sp³-hybridized carbons (Fsp3) is 0.133. The van der Waals surface area contributed by atoms with Gasteiger partial charge >= 0.3 is 5.97 Å². The van der Waals surface area contributed by atoms with Gasteiger partial charge in [-0.1, -0.05) is 29.8 Å². The Morgan fingerprint density at radius 1 is 1.33 bits per heavy atom. The lowest BCUT2D eigenvalue weighted by Gasteiger charge is -2.17. The number of aliphatic carboxylic acids is 1. The molecule has 2 rings (SSSR count). The number of nitrogens with one attached hydrogen (secondary N) is 1. The van der Waals surface area contributed by atoms with Crippen molar-refractivity contribution in [2.75, 3.05) is 12.4 Å². The zero-order chi connectivity index (χ0) is 15.4. The van der Waals surface area contributed by atoms with E-state index in [1.165, 1.54) is 31.4 Å². The van der Waals surface area contributed by atoms with Gasteiger partial charge in [0.1, 0.15) is 11.6 Å². The van der Waals surface area contributed by atoms with Gasteiger partial charge in [0.15, 0.2) is 6.04 Å². The highest BCUT2D eigenvalue weighted by atomic mass is 35.5. The molecule has 110 valence electrons. The quantitative estimate of drug-likeness (QED) is 0.883. The fourth-order valence-electron chi connectivity index (χ4n) is 1.88. The van der Waals surface area contributed by atoms with Crippen molar-refractivity contribution in [1.29, 1.82) is 0 Å². The average molecular weight is 310 g/mol. The van der Waals surface area contributed by atoms with Crippen molar-refractivity contribution in [2.24, 2.45) is 0 Å². The van der Waals surface area contributed by atoms with Crippen molar-refractivity contribution in [2.45, 2.75) is 6.04 Å². The number of rotatable bonds is 5. The van der Waals surface area contributed by atoms with Gasteiger partial charge in [0, 0.05) is 0 Å². The standard InChI is InChI=1S/C15H13ClFNO3/c1-21-13-7-6-9(8-10(13)16)14(15(19)20)18-12-5-3-2-4-11(12)17/h2-8,14,18H,1H3,(H,19,20). The molecule has 6 heteroatoms. The lowest BCUT2D eigenvalue weighted by Crippen LogP contribution is -2.21. The molecule has 0 bridgehead atoms. The SMILES string of the molecule is COc1ccc(C(Nc2ccccc2F)C(=O)O)cc1Cl. The molecule has 0 amide bonds. The number of benzene rings is 2. The van der Waals surface area contributed by atoms with E-state index >= 15 is 0 Å². The third-order valence-electron chi connectivity index (χ3n) is 2.93. The van der Waals surface area contributed by atoms with Gasteiger partial charge in [-0.2, -0.15) is 0 Å². The molecule has 0 aromatic heterocycles. The van der Waals surface area contributed by atoms with Crippen molar-refractivity contribution in [3.8, 4) is 5.75 Å². The molecule has 21 heavy (non-hydrogen) atoms. The number of halogens is 2. The predicted octanol–water partition coefficient (Wildman–Crippen LogP) is 3.73. The summed E-state index contributed by atoms with van der Waals surface area (Å²) in [5.74, 6) is -1.22. The summed E-state index contributed by atoms with van der Waals surface area (Å²) in [4.78, 5) is 11.4. The van der Waals surface area contributed by atoms with E-state index in [9.17, 15) is 14.3 Å². The van der Waals surface area contributed by atoms with Gasteiger partial charge in [0.2, 0.25) is 0 Å². The Labute approximate surface area is 126 Å². The summed E-state index contributed by atoms with van der Waals surface area (Å²) >= 11 is 5.99. The molecule has 2 aromatic carbocycles. The van der Waals surface area contributed by atoms with Crippen LogP contribution in [-0.4, -0.2) is 18.2 Å². The van der Waals surface area contributed by atoms with Crippen LogP contribution in [0.1, 0.15) is 11.6 Å². The molecular formula is C15H13ClFNO3. The van der Waals surface area contributed by atoms with Crippen LogP contribution in [-0.2, 0) is 4.79 Å². The van der Waals surface area contributed by atoms with Crippen LogP contribution < -0.4 is 10.1 Å². The summed E-state index contributed by atoms with van der Waals surface area (Å²) in [6.07, 6.45) is 0. The van der Waals surface area contributed by atoms with Gasteiger partial charge in [-0.25, -0.2) is 9.18 Å². The number of hydrogen-bond donors (Lipinski definition) is 2. The molecule has 0 radical (unpaired) electrons. The number of carboxylic acid groups (broad SMARTS) is 1. The molecule has 0 spiro atoms. The first kappa shape index (κ1) is 15.1. The van der Waals surface area contributed by atoms with Gasteiger partial charge in [0.05, 0.1) is 17.8 Å². The molecule has 0 fully saturated rings. The highest BCUT2D eigenvalue weighted by Crippen LogP contribution is 2.29. The maximum Gasteiger partial charge on any atom is 0.330 e. The molecule has 0 heterocycles. The molecule has 4 nitrogen and oxygen atoms in total. The molecule has 0 saturated carbocycles. The molecule has 0 saturated heterocycles. The van der Waals surface area contributed by atoms with E-state index in [2.05, 4.69) is 5.32 Å². The lowest BCUT2D eigenvalue weighted by atomic mass is 10.1. The highest BCUT2D eigenvalue weighted by Gasteiger charge is 2.21. The van der Waals surface area contributed by atoms with Crippen molar-refractivity contribution in [3.05, 3.63) is 58.9 Å². The van der Waals surface area contributed by atoms with E-state index < -0.39 is 17.8 Å². The molecule has 2 aromatic rings. The number of hydrogen-bond acceptors (Lipinski definition) is 3. The maximum atomic E-state index is 13.6. The summed E-state index contributed by atoms with van der Waals surface area (Å²) in [7, 11) is 1.47. The first-order valence-corrected chi connectivity index (χ1v) is 6.48. The first-order valence-electron chi connectivity index (χ1n) is 6.10. The van der Waals surface area contributed by atoms with Crippen LogP contribution in [0.5, 0.6) is 5.75 Å². The Balaban J connectivity index is 2.34. The minimum Gasteiger partial charge on any atom is -0.495 e. The minimum atomic E-state index is -1.14. The Morgan fingerprint density at radius 2 is 2.05 bits per heavy atom. The smallest absolute Gasteiger partial charge is 0.330 e. The number of methoxy groups -OCH3 is 1. The third kappa shape index (κ3) is 3.44. The monoisotopic (exact) mass is 309 g/mol. The van der Waals surface area contributed by atoms with Crippen LogP contribution >= 0.6 is 11.6 Å². The lowest BCUT2D eigenvalue weighted by molar-refractivity contribution is -0.138. The predicted molar refractivity (Wildman–Crippen MR) is 78.4 cm³/mol. The third-order valence-corrected chi connectivity index (χ3v) is 3.23. The van der Waals surface area contributed by atoms with Crippen molar-refractivity contribution in [3.63, 3.8) is 0 Å². The van der Waals surface area contributed by atoms with E-state index in [0.29, 0.717) is 11.3 Å². The van der Waals surface area contributed by atoms with Crippen LogP contribution in [0.15, 0.2) is 42.5 Å². The number of ether oxygens (including phenoxy) is 1. The summed E-state index contributed by atoms with van der Waals surface area (Å²) in [5.41, 5.74) is 0.508. The highest BCUT2D eigenvalue weighted by molar-refractivity contribution is 6.32. The van der Waals surface area contributed by atoms with Gasteiger partial charge in [-0.05, 0) is 29.8 Å². The van der Waals surface area contributed by atoms with Crippen molar-refractivity contribution < 1.29 is 19.0 Å². The topological polar surface area (TPSA) is 58.6 Å². The van der Waals surface area contributed by atoms with Crippen LogP contribution in [0.2, 0.25) is 5.02 Å². The zero-order valence-corrected chi connectivity index (χ0v) is 11.9. The van der Waals surface area contributed by atoms with Crippen LogP contribution in [0.25, 0.3) is 0 Å². The van der Waals surface area contributed by atoms with Crippen LogP contribution in [0.3, 0.4) is 0 Å². The van der Waals surface area contributed by atoms with E-state index in [1.54, 1.807) is 18.2 Å². The number of para-hydroxylation sites is 1. The Hall–Kier alpha value is -2.27. The number of anilines is 1. The van der Waals surface area contributed by atoms with Crippen LogP contribution in [0, 0.1) is 5.82 Å². The van der Waals surface area contributed by atoms with Gasteiger partial charge < -0.3 is 15.2 Å². The zero-order valence-electron chi connectivity index (χ0n) is 11.1. The molecular weight excluding hydrogens is 297 g/mol. The number of carbonyl (C=O) groups is 1. The second-order valence-electron chi connectivity index (χ2n) is 4.29. The second kappa shape index (κ2) is 6.45. The normalized spacial score (nSPS) is 11.8. The molecule has 0 aliphatic rings. The Bertz CT molecular complexity index is 663. The van der Waals surface area contributed by atoms with Gasteiger partial charge in [0.25, 0.3) is 0 Å². The fourth-order valence-corrected chi connectivity index (χ4v) is 2.15. The van der Waals surface area contributed by atoms with E-state index in [4.69, 9.17) is 16.3 Å².